The molecular formula is C12H10N2O5S. The standard InChI is InChI=1S/C12H10N2O5S/c1-2-13-11(16)10(20-12(13)17)6-7-3-4-9(15)8(5-7)14(18)19/h3-6,15H,2H2,1H3. The number of phenols is 1. The van der Waals surface area contributed by atoms with Gasteiger partial charge in [0.15, 0.2) is 5.75 Å². The number of nitro groups is 1. The van der Waals surface area contributed by atoms with Crippen molar-refractivity contribution < 1.29 is 19.6 Å². The van der Waals surface area contributed by atoms with E-state index in [0.29, 0.717) is 5.56 Å². The Kier molecular flexibility index (Phi) is 3.75. The van der Waals surface area contributed by atoms with Crippen LogP contribution < -0.4 is 0 Å². The summed E-state index contributed by atoms with van der Waals surface area (Å²) in [6.45, 7) is 1.96. The zero-order valence-electron chi connectivity index (χ0n) is 10.4. The van der Waals surface area contributed by atoms with Crippen LogP contribution in [0.25, 0.3) is 6.08 Å². The van der Waals surface area contributed by atoms with Gasteiger partial charge < -0.3 is 5.11 Å². The number of hydrogen-bond donors (Lipinski definition) is 1. The highest BCUT2D eigenvalue weighted by Crippen LogP contribution is 2.33. The zero-order valence-corrected chi connectivity index (χ0v) is 11.2. The van der Waals surface area contributed by atoms with Gasteiger partial charge >= 0.3 is 5.69 Å². The van der Waals surface area contributed by atoms with Crippen LogP contribution in [-0.2, 0) is 4.79 Å². The lowest BCUT2D eigenvalue weighted by atomic mass is 10.1. The maximum absolute atomic E-state index is 11.9. The third kappa shape index (κ3) is 2.50. The summed E-state index contributed by atoms with van der Waals surface area (Å²) in [6, 6.07) is 3.76. The second-order valence-electron chi connectivity index (χ2n) is 3.93. The van der Waals surface area contributed by atoms with Crippen molar-refractivity contribution in [1.82, 2.24) is 4.90 Å². The molecule has 1 aliphatic heterocycles. The van der Waals surface area contributed by atoms with Crippen molar-refractivity contribution in [2.75, 3.05) is 6.54 Å². The fourth-order valence-corrected chi connectivity index (χ4v) is 2.60. The number of benzene rings is 1. The quantitative estimate of drug-likeness (QED) is 0.521. The highest BCUT2D eigenvalue weighted by Gasteiger charge is 2.33. The minimum absolute atomic E-state index is 0.205. The van der Waals surface area contributed by atoms with Crippen LogP contribution in [0.5, 0.6) is 5.75 Å². The Bertz CT molecular complexity index is 641. The van der Waals surface area contributed by atoms with Crippen LogP contribution in [0.15, 0.2) is 23.1 Å². The summed E-state index contributed by atoms with van der Waals surface area (Å²) in [5.41, 5.74) is -0.0791. The van der Waals surface area contributed by atoms with Crippen LogP contribution >= 0.6 is 11.8 Å². The van der Waals surface area contributed by atoms with Crippen LogP contribution in [0.4, 0.5) is 10.5 Å². The molecule has 1 aromatic carbocycles. The normalized spacial score (nSPS) is 17.1. The Hall–Kier alpha value is -2.35. The first-order valence-electron chi connectivity index (χ1n) is 5.66. The van der Waals surface area contributed by atoms with Crippen LogP contribution in [0.3, 0.4) is 0 Å². The van der Waals surface area contributed by atoms with Gasteiger partial charge in [0.2, 0.25) is 0 Å². The van der Waals surface area contributed by atoms with Crippen molar-refractivity contribution >= 4 is 34.7 Å². The van der Waals surface area contributed by atoms with Crippen molar-refractivity contribution in [3.8, 4) is 5.75 Å². The Morgan fingerprint density at radius 1 is 1.45 bits per heavy atom. The summed E-state index contributed by atoms with van der Waals surface area (Å²) in [6.07, 6.45) is 1.40. The molecule has 0 unspecified atom stereocenters. The maximum atomic E-state index is 11.9. The molecule has 1 aromatic rings. The predicted octanol–water partition coefficient (Wildman–Crippen LogP) is 2.36. The summed E-state index contributed by atoms with van der Waals surface area (Å²) < 4.78 is 0. The first-order chi connectivity index (χ1) is 9.43. The summed E-state index contributed by atoms with van der Waals surface area (Å²) in [5.74, 6) is -0.868. The molecule has 2 rings (SSSR count). The molecule has 0 atom stereocenters. The topological polar surface area (TPSA) is 101 Å². The molecule has 20 heavy (non-hydrogen) atoms. The minimum Gasteiger partial charge on any atom is -0.502 e. The second kappa shape index (κ2) is 5.33. The molecular weight excluding hydrogens is 284 g/mol. The van der Waals surface area contributed by atoms with Crippen LogP contribution in [0.1, 0.15) is 12.5 Å². The molecule has 1 aliphatic rings. The highest BCUT2D eigenvalue weighted by atomic mass is 32.2. The molecule has 1 saturated heterocycles. The molecule has 7 nitrogen and oxygen atoms in total. The lowest BCUT2D eigenvalue weighted by Crippen LogP contribution is -2.27. The SMILES string of the molecule is CCN1C(=O)SC(=Cc2ccc(O)c([N+](=O)[O-])c2)C1=O. The lowest BCUT2D eigenvalue weighted by Gasteiger charge is -2.06. The van der Waals surface area contributed by atoms with E-state index in [1.54, 1.807) is 6.92 Å². The molecule has 1 heterocycles. The van der Waals surface area contributed by atoms with Gasteiger partial charge in [-0.1, -0.05) is 6.07 Å². The molecule has 104 valence electrons. The molecule has 0 radical (unpaired) electrons. The largest absolute Gasteiger partial charge is 0.502 e. The number of imide groups is 1. The first-order valence-corrected chi connectivity index (χ1v) is 6.48. The number of nitro benzene ring substituents is 1. The summed E-state index contributed by atoms with van der Waals surface area (Å²) >= 11 is 0.786. The Labute approximate surface area is 118 Å². The number of thioether (sulfide) groups is 1. The number of phenolic OH excluding ortho intramolecular Hbond substituents is 1. The number of nitrogens with zero attached hydrogens (tertiary/aromatic N) is 2. The van der Waals surface area contributed by atoms with E-state index in [1.807, 2.05) is 0 Å². The number of aromatic hydroxyl groups is 1. The van der Waals surface area contributed by atoms with Crippen LogP contribution in [0.2, 0.25) is 0 Å². The van der Waals surface area contributed by atoms with Gasteiger partial charge in [-0.3, -0.25) is 24.6 Å². The number of likely N-dealkylation sites (N-methyl/N-ethyl adjacent to an activating group) is 1. The van der Waals surface area contributed by atoms with Crippen molar-refractivity contribution in [3.05, 3.63) is 38.8 Å². The van der Waals surface area contributed by atoms with E-state index in [0.717, 1.165) is 22.7 Å². The van der Waals surface area contributed by atoms with E-state index in [1.165, 1.54) is 18.2 Å². The highest BCUT2D eigenvalue weighted by molar-refractivity contribution is 8.18. The number of carbonyl (C=O) groups is 2. The molecule has 0 bridgehead atoms. The van der Waals surface area contributed by atoms with Crippen molar-refractivity contribution in [2.24, 2.45) is 0 Å². The van der Waals surface area contributed by atoms with E-state index in [4.69, 9.17) is 0 Å². The van der Waals surface area contributed by atoms with Gasteiger partial charge in [-0.2, -0.15) is 0 Å². The molecule has 1 fully saturated rings. The molecule has 2 amide bonds. The number of amides is 2. The van der Waals surface area contributed by atoms with Gasteiger partial charge in [-0.15, -0.1) is 0 Å². The van der Waals surface area contributed by atoms with Gasteiger partial charge in [-0.05, 0) is 36.4 Å². The molecule has 0 spiro atoms. The molecule has 0 saturated carbocycles. The van der Waals surface area contributed by atoms with E-state index in [9.17, 15) is 24.8 Å². The van der Waals surface area contributed by atoms with Crippen molar-refractivity contribution in [2.45, 2.75) is 6.92 Å². The van der Waals surface area contributed by atoms with Crippen molar-refractivity contribution in [1.29, 1.82) is 0 Å². The Balaban J connectivity index is 2.37. The number of hydrogen-bond acceptors (Lipinski definition) is 6. The molecule has 1 N–H and O–H groups in total. The van der Waals surface area contributed by atoms with Crippen LogP contribution in [0, 0.1) is 10.1 Å². The van der Waals surface area contributed by atoms with Gasteiger partial charge in [-0.25, -0.2) is 0 Å². The molecule has 0 aliphatic carbocycles. The Morgan fingerprint density at radius 3 is 2.70 bits per heavy atom. The van der Waals surface area contributed by atoms with Gasteiger partial charge in [0, 0.05) is 12.6 Å². The van der Waals surface area contributed by atoms with Gasteiger partial charge in [0.05, 0.1) is 9.83 Å². The molecule has 0 aromatic heterocycles. The minimum atomic E-state index is -0.718. The van der Waals surface area contributed by atoms with E-state index < -0.39 is 22.3 Å². The molecule has 8 heteroatoms. The average molecular weight is 294 g/mol. The average Bonchev–Trinajstić information content (AvgIpc) is 2.66. The monoisotopic (exact) mass is 294 g/mol. The Morgan fingerprint density at radius 2 is 2.15 bits per heavy atom. The van der Waals surface area contributed by atoms with Crippen LogP contribution in [-0.4, -0.2) is 32.6 Å². The van der Waals surface area contributed by atoms with E-state index >= 15 is 0 Å². The second-order valence-corrected chi connectivity index (χ2v) is 4.92. The van der Waals surface area contributed by atoms with E-state index in [2.05, 4.69) is 0 Å². The fourth-order valence-electron chi connectivity index (χ4n) is 1.70. The fraction of sp³-hybridized carbons (Fsp3) is 0.167. The third-order valence-corrected chi connectivity index (χ3v) is 3.59. The van der Waals surface area contributed by atoms with Crippen molar-refractivity contribution in [3.63, 3.8) is 0 Å². The number of carbonyl (C=O) groups excluding carboxylic acids is 2. The predicted molar refractivity (Wildman–Crippen MR) is 73.1 cm³/mol. The summed E-state index contributed by atoms with van der Waals surface area (Å²) in [4.78, 5) is 34.7. The van der Waals surface area contributed by atoms with Gasteiger partial charge in [0.1, 0.15) is 0 Å². The lowest BCUT2D eigenvalue weighted by molar-refractivity contribution is -0.385. The third-order valence-electron chi connectivity index (χ3n) is 2.68. The van der Waals surface area contributed by atoms with E-state index in [-0.39, 0.29) is 16.7 Å². The smallest absolute Gasteiger partial charge is 0.311 e. The maximum Gasteiger partial charge on any atom is 0.311 e. The summed E-state index contributed by atoms with van der Waals surface area (Å²) in [5, 5.41) is 19.7. The first kappa shape index (κ1) is 14.1. The zero-order chi connectivity index (χ0) is 14.9. The summed E-state index contributed by atoms with van der Waals surface area (Å²) in [7, 11) is 0. The number of rotatable bonds is 3. The van der Waals surface area contributed by atoms with Gasteiger partial charge in [0.25, 0.3) is 11.1 Å².